The number of para-hydroxylation sites is 2. The SMILES string of the molecule is CCOC(=O)c1sc2nc(C(C)Sc3nc4ccccc4n3CC)[nH]c(=O)c2c1C. The molecule has 0 saturated carbocycles. The largest absolute Gasteiger partial charge is 0.462 e. The Morgan fingerprint density at radius 3 is 2.80 bits per heavy atom. The summed E-state index contributed by atoms with van der Waals surface area (Å²) < 4.78 is 7.26. The van der Waals surface area contributed by atoms with Crippen molar-refractivity contribution in [3.8, 4) is 0 Å². The van der Waals surface area contributed by atoms with Crippen molar-refractivity contribution in [3.63, 3.8) is 0 Å². The fourth-order valence-electron chi connectivity index (χ4n) is 3.41. The monoisotopic (exact) mass is 442 g/mol. The van der Waals surface area contributed by atoms with E-state index in [1.165, 1.54) is 11.3 Å². The number of rotatable bonds is 6. The standard InChI is InChI=1S/C21H22N4O3S2/c1-5-25-14-10-8-7-9-13(14)22-21(25)29-12(4)17-23-18(26)15-11(3)16(20(27)28-6-2)30-19(15)24-17/h7-10,12H,5-6H2,1-4H3,(H,23,24,26). The molecule has 0 aliphatic rings. The summed E-state index contributed by atoms with van der Waals surface area (Å²) in [5.74, 6) is 0.141. The van der Waals surface area contributed by atoms with Crippen LogP contribution in [0, 0.1) is 6.92 Å². The van der Waals surface area contributed by atoms with E-state index in [0.29, 0.717) is 26.5 Å². The highest BCUT2D eigenvalue weighted by Gasteiger charge is 2.22. The van der Waals surface area contributed by atoms with Gasteiger partial charge >= 0.3 is 5.97 Å². The smallest absolute Gasteiger partial charge is 0.348 e. The van der Waals surface area contributed by atoms with Gasteiger partial charge in [0.15, 0.2) is 5.16 Å². The van der Waals surface area contributed by atoms with Gasteiger partial charge < -0.3 is 14.3 Å². The maximum absolute atomic E-state index is 12.8. The van der Waals surface area contributed by atoms with Crippen molar-refractivity contribution in [1.29, 1.82) is 0 Å². The van der Waals surface area contributed by atoms with Gasteiger partial charge in [0.05, 0.1) is 28.3 Å². The molecule has 4 rings (SSSR count). The fourth-order valence-corrected chi connectivity index (χ4v) is 5.54. The number of hydrogen-bond donors (Lipinski definition) is 1. The minimum absolute atomic E-state index is 0.127. The number of aryl methyl sites for hydroxylation is 2. The molecule has 0 spiro atoms. The zero-order valence-electron chi connectivity index (χ0n) is 17.2. The van der Waals surface area contributed by atoms with Gasteiger partial charge in [0.2, 0.25) is 0 Å². The lowest BCUT2D eigenvalue weighted by Crippen LogP contribution is -2.13. The van der Waals surface area contributed by atoms with Crippen LogP contribution >= 0.6 is 23.1 Å². The quantitative estimate of drug-likeness (QED) is 0.344. The maximum atomic E-state index is 12.8. The van der Waals surface area contributed by atoms with E-state index in [4.69, 9.17) is 9.72 Å². The van der Waals surface area contributed by atoms with Crippen LogP contribution in [0.25, 0.3) is 21.3 Å². The average molecular weight is 443 g/mol. The highest BCUT2D eigenvalue weighted by Crippen LogP contribution is 2.35. The number of aromatic nitrogens is 4. The van der Waals surface area contributed by atoms with Crippen molar-refractivity contribution in [1.82, 2.24) is 19.5 Å². The molecule has 9 heteroatoms. The third-order valence-electron chi connectivity index (χ3n) is 4.88. The zero-order chi connectivity index (χ0) is 21.4. The number of esters is 1. The summed E-state index contributed by atoms with van der Waals surface area (Å²) in [7, 11) is 0. The Labute approximate surface area is 181 Å². The van der Waals surface area contributed by atoms with Gasteiger partial charge in [-0.05, 0) is 45.4 Å². The summed E-state index contributed by atoms with van der Waals surface area (Å²) in [5, 5.41) is 1.20. The molecule has 1 atom stereocenters. The van der Waals surface area contributed by atoms with Gasteiger partial charge in [0.1, 0.15) is 15.5 Å². The molecule has 3 heterocycles. The Balaban J connectivity index is 1.71. The van der Waals surface area contributed by atoms with Crippen LogP contribution in [0.15, 0.2) is 34.2 Å². The number of thiophene rings is 1. The molecule has 30 heavy (non-hydrogen) atoms. The molecule has 1 aromatic carbocycles. The molecule has 156 valence electrons. The minimum Gasteiger partial charge on any atom is -0.462 e. The summed E-state index contributed by atoms with van der Waals surface area (Å²) in [6.07, 6.45) is 0. The van der Waals surface area contributed by atoms with Crippen LogP contribution in [0.1, 0.15) is 47.1 Å². The van der Waals surface area contributed by atoms with Crippen LogP contribution in [-0.2, 0) is 11.3 Å². The third-order valence-corrected chi connectivity index (χ3v) is 7.15. The number of nitrogens with one attached hydrogen (secondary N) is 1. The Hall–Kier alpha value is -2.65. The highest BCUT2D eigenvalue weighted by molar-refractivity contribution is 7.99. The number of ether oxygens (including phenoxy) is 1. The number of imidazole rings is 1. The molecular weight excluding hydrogens is 420 g/mol. The molecule has 3 aromatic heterocycles. The number of benzene rings is 1. The number of aromatic amines is 1. The summed E-state index contributed by atoms with van der Waals surface area (Å²) in [6, 6.07) is 8.02. The maximum Gasteiger partial charge on any atom is 0.348 e. The van der Waals surface area contributed by atoms with E-state index in [9.17, 15) is 9.59 Å². The van der Waals surface area contributed by atoms with Crippen LogP contribution in [0.2, 0.25) is 0 Å². The van der Waals surface area contributed by atoms with E-state index < -0.39 is 5.97 Å². The van der Waals surface area contributed by atoms with Crippen molar-refractivity contribution < 1.29 is 9.53 Å². The molecule has 0 fully saturated rings. The molecular formula is C21H22N4O3S2. The predicted molar refractivity (Wildman–Crippen MR) is 121 cm³/mol. The number of nitrogens with zero attached hydrogens (tertiary/aromatic N) is 3. The normalized spacial score (nSPS) is 12.5. The van der Waals surface area contributed by atoms with Gasteiger partial charge in [-0.1, -0.05) is 23.9 Å². The molecule has 0 aliphatic carbocycles. The van der Waals surface area contributed by atoms with Gasteiger partial charge in [0.25, 0.3) is 5.56 Å². The van der Waals surface area contributed by atoms with E-state index in [1.807, 2.05) is 25.1 Å². The second kappa shape index (κ2) is 8.23. The first-order valence-corrected chi connectivity index (χ1v) is 11.5. The van der Waals surface area contributed by atoms with Gasteiger partial charge in [0, 0.05) is 6.54 Å². The van der Waals surface area contributed by atoms with Gasteiger partial charge in [-0.25, -0.2) is 14.8 Å². The fraction of sp³-hybridized carbons (Fsp3) is 0.333. The first-order valence-electron chi connectivity index (χ1n) is 9.76. The van der Waals surface area contributed by atoms with Gasteiger partial charge in [-0.2, -0.15) is 0 Å². The third kappa shape index (κ3) is 3.52. The first-order chi connectivity index (χ1) is 14.4. The molecule has 1 unspecified atom stereocenters. The molecule has 0 saturated heterocycles. The Kier molecular flexibility index (Phi) is 5.66. The Bertz CT molecular complexity index is 1310. The molecule has 0 amide bonds. The average Bonchev–Trinajstić information content (AvgIpc) is 3.25. The van der Waals surface area contributed by atoms with Crippen LogP contribution in [0.5, 0.6) is 0 Å². The van der Waals surface area contributed by atoms with Crippen molar-refractivity contribution >= 4 is 50.3 Å². The Morgan fingerprint density at radius 1 is 1.30 bits per heavy atom. The number of H-pyrrole nitrogens is 1. The van der Waals surface area contributed by atoms with E-state index in [0.717, 1.165) is 22.7 Å². The van der Waals surface area contributed by atoms with E-state index in [-0.39, 0.29) is 17.4 Å². The molecule has 7 nitrogen and oxygen atoms in total. The summed E-state index contributed by atoms with van der Waals surface area (Å²) in [4.78, 5) is 38.2. The number of carbonyl (C=O) groups excluding carboxylic acids is 1. The predicted octanol–water partition coefficient (Wildman–Crippen LogP) is 4.69. The van der Waals surface area contributed by atoms with Crippen LogP contribution in [0.3, 0.4) is 0 Å². The first kappa shape index (κ1) is 20.6. The van der Waals surface area contributed by atoms with E-state index in [2.05, 4.69) is 27.5 Å². The summed E-state index contributed by atoms with van der Waals surface area (Å²) in [6.45, 7) is 8.66. The topological polar surface area (TPSA) is 89.9 Å². The number of carbonyl (C=O) groups is 1. The lowest BCUT2D eigenvalue weighted by molar-refractivity contribution is 0.0531. The minimum atomic E-state index is -0.418. The van der Waals surface area contributed by atoms with Gasteiger partial charge in [-0.3, -0.25) is 4.79 Å². The summed E-state index contributed by atoms with van der Waals surface area (Å²) in [5.41, 5.74) is 2.40. The van der Waals surface area contributed by atoms with Crippen molar-refractivity contribution in [2.24, 2.45) is 0 Å². The van der Waals surface area contributed by atoms with Crippen LogP contribution in [0.4, 0.5) is 0 Å². The van der Waals surface area contributed by atoms with E-state index in [1.54, 1.807) is 25.6 Å². The van der Waals surface area contributed by atoms with Crippen molar-refractivity contribution in [2.75, 3.05) is 6.61 Å². The van der Waals surface area contributed by atoms with Gasteiger partial charge in [-0.15, -0.1) is 11.3 Å². The number of hydrogen-bond acceptors (Lipinski definition) is 7. The highest BCUT2D eigenvalue weighted by atomic mass is 32.2. The van der Waals surface area contributed by atoms with Crippen LogP contribution in [-0.4, -0.2) is 32.1 Å². The summed E-state index contributed by atoms with van der Waals surface area (Å²) >= 11 is 2.75. The van der Waals surface area contributed by atoms with Crippen molar-refractivity contribution in [2.45, 2.75) is 44.6 Å². The number of fused-ring (bicyclic) bond motifs is 2. The molecule has 0 bridgehead atoms. The lowest BCUT2D eigenvalue weighted by atomic mass is 10.2. The van der Waals surface area contributed by atoms with Crippen LogP contribution < -0.4 is 5.56 Å². The molecule has 4 aromatic rings. The Morgan fingerprint density at radius 2 is 2.07 bits per heavy atom. The second-order valence-corrected chi connectivity index (χ2v) is 9.10. The van der Waals surface area contributed by atoms with E-state index >= 15 is 0 Å². The van der Waals surface area contributed by atoms with Crippen molar-refractivity contribution in [3.05, 3.63) is 50.9 Å². The molecule has 1 N–H and O–H groups in total. The molecule has 0 radical (unpaired) electrons. The molecule has 0 aliphatic heterocycles. The second-order valence-electron chi connectivity index (χ2n) is 6.80. The number of thioether (sulfide) groups is 1. The lowest BCUT2D eigenvalue weighted by Gasteiger charge is -2.11. The zero-order valence-corrected chi connectivity index (χ0v) is 18.8.